The van der Waals surface area contributed by atoms with Crippen LogP contribution in [-0.2, 0) is 4.79 Å². The highest BCUT2D eigenvalue weighted by atomic mass is 79.9. The minimum atomic E-state index is -0.514. The number of pyridine rings is 1. The minimum absolute atomic E-state index is 0.407. The molecule has 3 rings (SSSR count). The molecule has 3 N–H and O–H groups in total. The van der Waals surface area contributed by atoms with Crippen LogP contribution in [0.3, 0.4) is 0 Å². The molecule has 7 heteroatoms. The largest absolute Gasteiger partial charge is 0.366 e. The first-order valence-electron chi connectivity index (χ1n) is 7.95. The molecule has 1 aromatic heterocycles. The summed E-state index contributed by atoms with van der Waals surface area (Å²) in [7, 11) is 0. The summed E-state index contributed by atoms with van der Waals surface area (Å²) >= 11 is 6.74. The van der Waals surface area contributed by atoms with Crippen LogP contribution in [0.4, 0.5) is 11.4 Å². The van der Waals surface area contributed by atoms with Gasteiger partial charge in [-0.15, -0.1) is 0 Å². The zero-order valence-electron chi connectivity index (χ0n) is 14.0. The molecule has 0 aliphatic rings. The Morgan fingerprint density at radius 2 is 2.11 bits per heavy atom. The smallest absolute Gasteiger partial charge is 0.249 e. The van der Waals surface area contributed by atoms with Crippen LogP contribution in [0.1, 0.15) is 11.1 Å². The summed E-state index contributed by atoms with van der Waals surface area (Å²) in [5, 5.41) is 14.1. The van der Waals surface area contributed by atoms with Gasteiger partial charge in [0, 0.05) is 32.6 Å². The number of hydrogen-bond donors (Lipinski definition) is 2. The summed E-state index contributed by atoms with van der Waals surface area (Å²) in [6.45, 7) is 0. The number of carbonyl (C=O) groups excluding carboxylic acids is 1. The predicted molar refractivity (Wildman–Crippen MR) is 115 cm³/mol. The van der Waals surface area contributed by atoms with Gasteiger partial charge in [0.2, 0.25) is 5.91 Å². The Hall–Kier alpha value is -2.69. The van der Waals surface area contributed by atoms with E-state index < -0.39 is 5.91 Å². The van der Waals surface area contributed by atoms with Crippen molar-refractivity contribution in [3.8, 4) is 6.07 Å². The van der Waals surface area contributed by atoms with E-state index in [1.54, 1.807) is 12.1 Å². The lowest BCUT2D eigenvalue weighted by Crippen LogP contribution is -2.13. The Labute approximate surface area is 173 Å². The molecule has 27 heavy (non-hydrogen) atoms. The Kier molecular flexibility index (Phi) is 5.89. The van der Waals surface area contributed by atoms with Crippen molar-refractivity contribution in [2.75, 3.05) is 10.6 Å². The molecule has 3 aromatic rings. The number of nitrogens with two attached hydrogens (primary N) is 1. The van der Waals surface area contributed by atoms with Crippen molar-refractivity contribution < 1.29 is 4.79 Å². The third-order valence-corrected chi connectivity index (χ3v) is 4.76. The van der Waals surface area contributed by atoms with Gasteiger partial charge in [-0.25, -0.2) is 0 Å². The molecule has 0 unspecified atom stereocenters. The second-order valence-electron chi connectivity index (χ2n) is 5.66. The number of rotatable bonds is 5. The van der Waals surface area contributed by atoms with Crippen LogP contribution >= 0.6 is 31.9 Å². The lowest BCUT2D eigenvalue weighted by atomic mass is 10.0. The Bertz CT molecular complexity index is 1100. The molecule has 134 valence electrons. The molecule has 0 radical (unpaired) electrons. The molecular weight excluding hydrogens is 472 g/mol. The number of anilines is 2. The lowest BCUT2D eigenvalue weighted by Gasteiger charge is -2.13. The van der Waals surface area contributed by atoms with Crippen LogP contribution in [0.2, 0.25) is 0 Å². The SMILES string of the molecule is N#Cc1cnc2ccc(C(=CCBr)C(N)=O)cc2c1Nc1cccc(Br)c1. The Balaban J connectivity index is 2.21. The molecule has 0 bridgehead atoms. The number of amides is 1. The van der Waals surface area contributed by atoms with Crippen molar-refractivity contribution in [1.29, 1.82) is 5.26 Å². The van der Waals surface area contributed by atoms with E-state index in [-0.39, 0.29) is 0 Å². The van der Waals surface area contributed by atoms with Gasteiger partial charge in [-0.1, -0.05) is 50.1 Å². The Morgan fingerprint density at radius 1 is 1.30 bits per heavy atom. The van der Waals surface area contributed by atoms with Gasteiger partial charge in [-0.05, 0) is 35.9 Å². The predicted octanol–water partition coefficient (Wildman–Crippen LogP) is 4.88. The molecule has 0 saturated heterocycles. The maximum atomic E-state index is 11.8. The molecular formula is C20H14Br2N4O. The molecule has 0 fully saturated rings. The van der Waals surface area contributed by atoms with E-state index in [9.17, 15) is 10.1 Å². The fourth-order valence-electron chi connectivity index (χ4n) is 2.73. The molecule has 5 nitrogen and oxygen atoms in total. The maximum Gasteiger partial charge on any atom is 0.249 e. The lowest BCUT2D eigenvalue weighted by molar-refractivity contribution is -0.112. The maximum absolute atomic E-state index is 11.8. The number of hydrogen-bond acceptors (Lipinski definition) is 4. The zero-order chi connectivity index (χ0) is 19.4. The third-order valence-electron chi connectivity index (χ3n) is 3.94. The first kappa shape index (κ1) is 19.1. The average Bonchev–Trinajstić information content (AvgIpc) is 2.66. The van der Waals surface area contributed by atoms with Gasteiger partial charge in [0.25, 0.3) is 0 Å². The number of carbonyl (C=O) groups is 1. The van der Waals surface area contributed by atoms with Crippen molar-refractivity contribution in [2.24, 2.45) is 5.73 Å². The topological polar surface area (TPSA) is 91.8 Å². The van der Waals surface area contributed by atoms with E-state index in [4.69, 9.17) is 5.73 Å². The van der Waals surface area contributed by atoms with Crippen LogP contribution in [-0.4, -0.2) is 16.2 Å². The number of primary amides is 1. The van der Waals surface area contributed by atoms with Gasteiger partial charge in [0.1, 0.15) is 6.07 Å². The van der Waals surface area contributed by atoms with E-state index in [0.717, 1.165) is 15.5 Å². The normalized spacial score (nSPS) is 11.2. The highest BCUT2D eigenvalue weighted by molar-refractivity contribution is 9.10. The van der Waals surface area contributed by atoms with Crippen molar-refractivity contribution in [3.05, 3.63) is 70.3 Å². The first-order chi connectivity index (χ1) is 13.0. The molecule has 0 aliphatic heterocycles. The molecule has 0 spiro atoms. The number of benzene rings is 2. The summed E-state index contributed by atoms with van der Waals surface area (Å²) in [5.74, 6) is -0.514. The van der Waals surface area contributed by atoms with Crippen molar-refractivity contribution in [3.63, 3.8) is 0 Å². The Morgan fingerprint density at radius 3 is 2.78 bits per heavy atom. The summed E-state index contributed by atoms with van der Waals surface area (Å²) in [5.41, 5.74) is 9.16. The van der Waals surface area contributed by atoms with Crippen molar-refractivity contribution >= 4 is 65.6 Å². The summed E-state index contributed by atoms with van der Waals surface area (Å²) in [6, 6.07) is 15.2. The summed E-state index contributed by atoms with van der Waals surface area (Å²) in [6.07, 6.45) is 3.25. The van der Waals surface area contributed by atoms with Crippen LogP contribution in [0.25, 0.3) is 16.5 Å². The van der Waals surface area contributed by atoms with Gasteiger partial charge >= 0.3 is 0 Å². The number of allylic oxidation sites excluding steroid dienone is 1. The summed E-state index contributed by atoms with van der Waals surface area (Å²) in [4.78, 5) is 16.2. The van der Waals surface area contributed by atoms with Gasteiger partial charge in [-0.2, -0.15) is 5.26 Å². The summed E-state index contributed by atoms with van der Waals surface area (Å²) < 4.78 is 0.918. The quantitative estimate of drug-likeness (QED) is 0.398. The number of fused-ring (bicyclic) bond motifs is 1. The van der Waals surface area contributed by atoms with Gasteiger partial charge in [0.05, 0.1) is 16.8 Å². The number of aromatic nitrogens is 1. The third kappa shape index (κ3) is 4.18. The number of nitrogens with one attached hydrogen (secondary N) is 1. The van der Waals surface area contributed by atoms with E-state index in [0.29, 0.717) is 33.2 Å². The molecule has 0 atom stereocenters. The molecule has 0 aliphatic carbocycles. The number of nitriles is 1. The number of alkyl halides is 1. The minimum Gasteiger partial charge on any atom is -0.366 e. The van der Waals surface area contributed by atoms with E-state index >= 15 is 0 Å². The van der Waals surface area contributed by atoms with Crippen molar-refractivity contribution in [2.45, 2.75) is 0 Å². The standard InChI is InChI=1S/C20H14Br2N4O/c21-7-6-16(20(24)27)12-4-5-18-17(8-12)19(13(10-23)11-25-18)26-15-3-1-2-14(22)9-15/h1-6,8-9,11H,7H2,(H2,24,27)(H,25,26). The average molecular weight is 486 g/mol. The second-order valence-corrected chi connectivity index (χ2v) is 7.23. The van der Waals surface area contributed by atoms with Crippen LogP contribution in [0.15, 0.2) is 59.2 Å². The highest BCUT2D eigenvalue weighted by Crippen LogP contribution is 2.31. The second kappa shape index (κ2) is 8.33. The monoisotopic (exact) mass is 484 g/mol. The van der Waals surface area contributed by atoms with Crippen LogP contribution < -0.4 is 11.1 Å². The molecule has 1 amide bonds. The van der Waals surface area contributed by atoms with E-state index in [1.165, 1.54) is 6.20 Å². The highest BCUT2D eigenvalue weighted by Gasteiger charge is 2.13. The van der Waals surface area contributed by atoms with Gasteiger partial charge in [-0.3, -0.25) is 9.78 Å². The van der Waals surface area contributed by atoms with E-state index in [1.807, 2.05) is 36.4 Å². The van der Waals surface area contributed by atoms with Crippen LogP contribution in [0, 0.1) is 11.3 Å². The molecule has 0 saturated carbocycles. The van der Waals surface area contributed by atoms with Gasteiger partial charge < -0.3 is 11.1 Å². The molecule has 2 aromatic carbocycles. The van der Waals surface area contributed by atoms with Gasteiger partial charge in [0.15, 0.2) is 0 Å². The fraction of sp³-hybridized carbons (Fsp3) is 0.0500. The number of halogens is 2. The fourth-order valence-corrected chi connectivity index (χ4v) is 3.45. The molecule has 1 heterocycles. The zero-order valence-corrected chi connectivity index (χ0v) is 17.2. The van der Waals surface area contributed by atoms with Crippen LogP contribution in [0.5, 0.6) is 0 Å². The number of nitrogens with zero attached hydrogens (tertiary/aromatic N) is 2. The van der Waals surface area contributed by atoms with Crippen molar-refractivity contribution in [1.82, 2.24) is 4.98 Å². The van der Waals surface area contributed by atoms with E-state index in [2.05, 4.69) is 48.2 Å². The first-order valence-corrected chi connectivity index (χ1v) is 9.86.